The third-order valence-corrected chi connectivity index (χ3v) is 4.37. The van der Waals surface area contributed by atoms with Gasteiger partial charge in [0.1, 0.15) is 0 Å². The number of pyridine rings is 1. The SMILES string of the molecule is Cc1cccc(C(c2ccc(Cl)cc2)N2CCCNCC2)n1. The number of rotatable bonds is 3. The lowest BCUT2D eigenvalue weighted by Gasteiger charge is -2.30. The Kier molecular flexibility index (Phi) is 5.08. The van der Waals surface area contributed by atoms with Crippen molar-refractivity contribution >= 4 is 11.6 Å². The van der Waals surface area contributed by atoms with Crippen LogP contribution >= 0.6 is 11.6 Å². The molecule has 1 aliphatic heterocycles. The molecule has 2 aromatic rings. The quantitative estimate of drug-likeness (QED) is 0.940. The number of aromatic nitrogens is 1. The van der Waals surface area contributed by atoms with Gasteiger partial charge in [0.15, 0.2) is 0 Å². The van der Waals surface area contributed by atoms with E-state index in [1.807, 2.05) is 25.1 Å². The number of hydrogen-bond donors (Lipinski definition) is 1. The second-order valence-corrected chi connectivity index (χ2v) is 6.23. The zero-order valence-corrected chi connectivity index (χ0v) is 13.7. The van der Waals surface area contributed by atoms with Crippen LogP contribution in [-0.4, -0.2) is 36.1 Å². The predicted octanol–water partition coefficient (Wildman–Crippen LogP) is 3.43. The minimum Gasteiger partial charge on any atom is -0.315 e. The Bertz CT molecular complexity index is 604. The van der Waals surface area contributed by atoms with E-state index in [0.717, 1.165) is 49.0 Å². The van der Waals surface area contributed by atoms with Gasteiger partial charge in [0.2, 0.25) is 0 Å². The van der Waals surface area contributed by atoms with Crippen LogP contribution in [0.3, 0.4) is 0 Å². The number of hydrogen-bond acceptors (Lipinski definition) is 3. The van der Waals surface area contributed by atoms with Gasteiger partial charge in [0.05, 0.1) is 11.7 Å². The highest BCUT2D eigenvalue weighted by Gasteiger charge is 2.24. The molecule has 1 N–H and O–H groups in total. The Hall–Kier alpha value is -1.42. The summed E-state index contributed by atoms with van der Waals surface area (Å²) in [5, 5.41) is 4.25. The normalized spacial score (nSPS) is 17.9. The van der Waals surface area contributed by atoms with Gasteiger partial charge in [-0.05, 0) is 49.7 Å². The molecule has 1 unspecified atom stereocenters. The molecule has 4 heteroatoms. The number of nitrogens with zero attached hydrogens (tertiary/aromatic N) is 2. The molecular weight excluding hydrogens is 294 g/mol. The van der Waals surface area contributed by atoms with E-state index in [4.69, 9.17) is 16.6 Å². The second kappa shape index (κ2) is 7.23. The molecule has 1 aliphatic rings. The van der Waals surface area contributed by atoms with Crippen LogP contribution in [0, 0.1) is 6.92 Å². The highest BCUT2D eigenvalue weighted by atomic mass is 35.5. The van der Waals surface area contributed by atoms with E-state index < -0.39 is 0 Å². The van der Waals surface area contributed by atoms with Gasteiger partial charge >= 0.3 is 0 Å². The summed E-state index contributed by atoms with van der Waals surface area (Å²) >= 11 is 6.06. The molecule has 22 heavy (non-hydrogen) atoms. The van der Waals surface area contributed by atoms with E-state index in [1.54, 1.807) is 0 Å². The van der Waals surface area contributed by atoms with Gasteiger partial charge in [0.25, 0.3) is 0 Å². The molecule has 1 fully saturated rings. The molecule has 2 heterocycles. The topological polar surface area (TPSA) is 28.2 Å². The van der Waals surface area contributed by atoms with E-state index in [1.165, 1.54) is 5.56 Å². The molecule has 1 aromatic heterocycles. The first-order valence-corrected chi connectivity index (χ1v) is 8.25. The lowest BCUT2D eigenvalue weighted by molar-refractivity contribution is 0.237. The molecule has 1 aromatic carbocycles. The van der Waals surface area contributed by atoms with Crippen LogP contribution in [0.2, 0.25) is 5.02 Å². The first-order valence-electron chi connectivity index (χ1n) is 7.88. The summed E-state index contributed by atoms with van der Waals surface area (Å²) in [4.78, 5) is 7.30. The Labute approximate surface area is 137 Å². The van der Waals surface area contributed by atoms with Crippen molar-refractivity contribution < 1.29 is 0 Å². The van der Waals surface area contributed by atoms with E-state index in [9.17, 15) is 0 Å². The molecular formula is C18H22ClN3. The first-order chi connectivity index (χ1) is 10.7. The van der Waals surface area contributed by atoms with E-state index in [2.05, 4.69) is 34.5 Å². The van der Waals surface area contributed by atoms with E-state index in [0.29, 0.717) is 0 Å². The third kappa shape index (κ3) is 3.67. The number of halogens is 1. The van der Waals surface area contributed by atoms with Crippen LogP contribution in [0.5, 0.6) is 0 Å². The monoisotopic (exact) mass is 315 g/mol. The summed E-state index contributed by atoms with van der Waals surface area (Å²) in [7, 11) is 0. The predicted molar refractivity (Wildman–Crippen MR) is 91.3 cm³/mol. The van der Waals surface area contributed by atoms with Crippen molar-refractivity contribution in [3.05, 3.63) is 64.4 Å². The second-order valence-electron chi connectivity index (χ2n) is 5.80. The first kappa shape index (κ1) is 15.5. The number of aryl methyl sites for hydroxylation is 1. The van der Waals surface area contributed by atoms with Gasteiger partial charge in [-0.3, -0.25) is 9.88 Å². The van der Waals surface area contributed by atoms with Crippen molar-refractivity contribution in [2.75, 3.05) is 26.2 Å². The average molecular weight is 316 g/mol. The van der Waals surface area contributed by atoms with E-state index in [-0.39, 0.29) is 6.04 Å². The maximum absolute atomic E-state index is 6.06. The molecule has 3 rings (SSSR count). The maximum Gasteiger partial charge on any atom is 0.0777 e. The summed E-state index contributed by atoms with van der Waals surface area (Å²) in [6.45, 7) is 6.27. The zero-order chi connectivity index (χ0) is 15.4. The van der Waals surface area contributed by atoms with Crippen LogP contribution in [0.4, 0.5) is 0 Å². The van der Waals surface area contributed by atoms with Crippen LogP contribution < -0.4 is 5.32 Å². The largest absolute Gasteiger partial charge is 0.315 e. The van der Waals surface area contributed by atoms with Crippen LogP contribution in [0.25, 0.3) is 0 Å². The van der Waals surface area contributed by atoms with E-state index >= 15 is 0 Å². The molecule has 0 radical (unpaired) electrons. The van der Waals surface area contributed by atoms with Crippen molar-refractivity contribution in [2.24, 2.45) is 0 Å². The van der Waals surface area contributed by atoms with Crippen molar-refractivity contribution in [3.63, 3.8) is 0 Å². The highest BCUT2D eigenvalue weighted by molar-refractivity contribution is 6.30. The van der Waals surface area contributed by atoms with Crippen molar-refractivity contribution in [2.45, 2.75) is 19.4 Å². The summed E-state index contributed by atoms with van der Waals surface area (Å²) in [6.07, 6.45) is 1.16. The molecule has 3 nitrogen and oxygen atoms in total. The van der Waals surface area contributed by atoms with Gasteiger partial charge in [-0.2, -0.15) is 0 Å². The molecule has 1 saturated heterocycles. The third-order valence-electron chi connectivity index (χ3n) is 4.12. The lowest BCUT2D eigenvalue weighted by atomic mass is 10.0. The number of nitrogens with one attached hydrogen (secondary N) is 1. The smallest absolute Gasteiger partial charge is 0.0777 e. The molecule has 0 saturated carbocycles. The molecule has 0 amide bonds. The fourth-order valence-electron chi connectivity index (χ4n) is 3.05. The number of benzene rings is 1. The van der Waals surface area contributed by atoms with Crippen molar-refractivity contribution in [1.29, 1.82) is 0 Å². The fourth-order valence-corrected chi connectivity index (χ4v) is 3.18. The van der Waals surface area contributed by atoms with Crippen LogP contribution in [0.15, 0.2) is 42.5 Å². The van der Waals surface area contributed by atoms with Crippen molar-refractivity contribution in [1.82, 2.24) is 15.2 Å². The summed E-state index contributed by atoms with van der Waals surface area (Å²) < 4.78 is 0. The Balaban J connectivity index is 1.99. The van der Waals surface area contributed by atoms with Crippen LogP contribution in [0.1, 0.15) is 29.4 Å². The zero-order valence-electron chi connectivity index (χ0n) is 12.9. The van der Waals surface area contributed by atoms with Crippen LogP contribution in [-0.2, 0) is 0 Å². The Morgan fingerprint density at radius 1 is 1.09 bits per heavy atom. The molecule has 0 spiro atoms. The molecule has 1 atom stereocenters. The fraction of sp³-hybridized carbons (Fsp3) is 0.389. The van der Waals surface area contributed by atoms with Gasteiger partial charge in [-0.15, -0.1) is 0 Å². The minimum atomic E-state index is 0.192. The van der Waals surface area contributed by atoms with Gasteiger partial charge in [0, 0.05) is 30.4 Å². The summed E-state index contributed by atoms with van der Waals surface area (Å²) in [5.74, 6) is 0. The summed E-state index contributed by atoms with van der Waals surface area (Å²) in [6, 6.07) is 14.6. The summed E-state index contributed by atoms with van der Waals surface area (Å²) in [5.41, 5.74) is 3.43. The molecule has 0 bridgehead atoms. The minimum absolute atomic E-state index is 0.192. The maximum atomic E-state index is 6.06. The Morgan fingerprint density at radius 2 is 1.91 bits per heavy atom. The van der Waals surface area contributed by atoms with Gasteiger partial charge < -0.3 is 5.32 Å². The molecule has 0 aliphatic carbocycles. The Morgan fingerprint density at radius 3 is 2.68 bits per heavy atom. The standard InChI is InChI=1S/C18H22ClN3/c1-14-4-2-5-17(21-14)18(15-6-8-16(19)9-7-15)22-12-3-10-20-11-13-22/h2,4-9,18,20H,3,10-13H2,1H3. The molecule has 116 valence electrons. The van der Waals surface area contributed by atoms with Gasteiger partial charge in [-0.25, -0.2) is 0 Å². The highest BCUT2D eigenvalue weighted by Crippen LogP contribution is 2.29. The van der Waals surface area contributed by atoms with Crippen molar-refractivity contribution in [3.8, 4) is 0 Å². The van der Waals surface area contributed by atoms with Gasteiger partial charge in [-0.1, -0.05) is 29.8 Å². The average Bonchev–Trinajstić information content (AvgIpc) is 2.79. The lowest BCUT2D eigenvalue weighted by Crippen LogP contribution is -2.33.